The van der Waals surface area contributed by atoms with Crippen molar-refractivity contribution >= 4 is 35.1 Å². The first-order valence-electron chi connectivity index (χ1n) is 6.44. The van der Waals surface area contributed by atoms with Crippen LogP contribution in [0, 0.1) is 0 Å². The molecule has 1 unspecified atom stereocenters. The molecule has 0 saturated carbocycles. The molecule has 21 heavy (non-hydrogen) atoms. The molecule has 7 heteroatoms. The highest BCUT2D eigenvalue weighted by molar-refractivity contribution is 8.06. The first-order valence-corrected chi connectivity index (χ1v) is 9.02. The maximum atomic E-state index is 12.3. The highest BCUT2D eigenvalue weighted by Gasteiger charge is 2.22. The summed E-state index contributed by atoms with van der Waals surface area (Å²) < 4.78 is 0. The maximum absolute atomic E-state index is 12.3. The fourth-order valence-corrected chi connectivity index (χ4v) is 5.04. The number of hydrogen-bond acceptors (Lipinski definition) is 5. The maximum Gasteiger partial charge on any atom is 0.262 e. The van der Waals surface area contributed by atoms with Crippen LogP contribution >= 0.6 is 35.1 Å². The van der Waals surface area contributed by atoms with Crippen molar-refractivity contribution in [3.63, 3.8) is 0 Å². The molecule has 1 aromatic heterocycles. The Morgan fingerprint density at radius 3 is 2.81 bits per heavy atom. The topological polar surface area (TPSA) is 66.0 Å². The van der Waals surface area contributed by atoms with Crippen LogP contribution in [0.1, 0.15) is 11.1 Å². The van der Waals surface area contributed by atoms with E-state index in [9.17, 15) is 9.90 Å². The second kappa shape index (κ2) is 6.34. The monoisotopic (exact) mass is 340 g/mol. The molecular weight excluding hydrogens is 328 g/mol. The lowest BCUT2D eigenvalue weighted by molar-refractivity contribution is 0.450. The summed E-state index contributed by atoms with van der Waals surface area (Å²) in [5, 5.41) is 10.7. The molecule has 0 amide bonds. The summed E-state index contributed by atoms with van der Waals surface area (Å²) in [6.07, 6.45) is 0. The number of nitrogens with one attached hydrogen (secondary N) is 1. The molecule has 110 valence electrons. The van der Waals surface area contributed by atoms with Gasteiger partial charge in [0.15, 0.2) is 0 Å². The van der Waals surface area contributed by atoms with Gasteiger partial charge < -0.3 is 10.1 Å². The quantitative estimate of drug-likeness (QED) is 0.878. The van der Waals surface area contributed by atoms with Gasteiger partial charge in [0.2, 0.25) is 5.88 Å². The SMILES string of the molecule is O=c1[nH]c(C2CSCCS2)nc(O)c1-c1ccccc1Cl. The summed E-state index contributed by atoms with van der Waals surface area (Å²) in [5.41, 5.74) is 0.252. The van der Waals surface area contributed by atoms with Gasteiger partial charge in [-0.25, -0.2) is 0 Å². The third-order valence-electron chi connectivity index (χ3n) is 3.18. The molecule has 1 aliphatic rings. The van der Waals surface area contributed by atoms with Gasteiger partial charge in [-0.1, -0.05) is 29.8 Å². The Morgan fingerprint density at radius 2 is 2.14 bits per heavy atom. The molecule has 1 atom stereocenters. The van der Waals surface area contributed by atoms with Crippen LogP contribution in [0.15, 0.2) is 29.1 Å². The molecule has 1 fully saturated rings. The number of benzene rings is 1. The Kier molecular flexibility index (Phi) is 4.47. The van der Waals surface area contributed by atoms with Crippen molar-refractivity contribution in [2.45, 2.75) is 5.25 Å². The van der Waals surface area contributed by atoms with Gasteiger partial charge >= 0.3 is 0 Å². The molecule has 0 aliphatic carbocycles. The second-order valence-corrected chi connectivity index (χ2v) is 7.43. The summed E-state index contributed by atoms with van der Waals surface area (Å²) in [7, 11) is 0. The average molecular weight is 341 g/mol. The minimum absolute atomic E-state index is 0.114. The van der Waals surface area contributed by atoms with Crippen molar-refractivity contribution < 1.29 is 5.11 Å². The number of aromatic amines is 1. The summed E-state index contributed by atoms with van der Waals surface area (Å²) in [4.78, 5) is 19.3. The van der Waals surface area contributed by atoms with E-state index < -0.39 is 0 Å². The standard InChI is InChI=1S/C14H13ClN2O2S2/c15-9-4-2-1-3-8(9)11-13(18)16-12(17-14(11)19)10-7-20-5-6-21-10/h1-4,10H,5-7H2,(H2,16,17,18,19). The van der Waals surface area contributed by atoms with Gasteiger partial charge in [0, 0.05) is 27.8 Å². The van der Waals surface area contributed by atoms with Crippen LogP contribution in [0.2, 0.25) is 5.02 Å². The minimum Gasteiger partial charge on any atom is -0.493 e. The number of rotatable bonds is 2. The third-order valence-corrected chi connectivity index (χ3v) is 6.28. The zero-order valence-corrected chi connectivity index (χ0v) is 13.4. The number of thioether (sulfide) groups is 2. The van der Waals surface area contributed by atoms with E-state index in [0.717, 1.165) is 17.3 Å². The number of halogens is 1. The summed E-state index contributed by atoms with van der Waals surface area (Å²) in [6.45, 7) is 0. The van der Waals surface area contributed by atoms with Crippen molar-refractivity contribution in [3.8, 4) is 17.0 Å². The van der Waals surface area contributed by atoms with Gasteiger partial charge in [-0.2, -0.15) is 16.7 Å². The summed E-state index contributed by atoms with van der Waals surface area (Å²) in [5.74, 6) is 3.28. The predicted octanol–water partition coefficient (Wildman–Crippen LogP) is 3.32. The molecule has 2 heterocycles. The molecule has 0 radical (unpaired) electrons. The fourth-order valence-electron chi connectivity index (χ4n) is 2.18. The van der Waals surface area contributed by atoms with E-state index in [-0.39, 0.29) is 22.3 Å². The van der Waals surface area contributed by atoms with E-state index in [2.05, 4.69) is 9.97 Å². The smallest absolute Gasteiger partial charge is 0.262 e. The molecule has 1 saturated heterocycles. The summed E-state index contributed by atoms with van der Waals surface area (Å²) in [6, 6.07) is 6.91. The van der Waals surface area contributed by atoms with Crippen molar-refractivity contribution in [1.82, 2.24) is 9.97 Å². The predicted molar refractivity (Wildman–Crippen MR) is 89.5 cm³/mol. The van der Waals surface area contributed by atoms with E-state index >= 15 is 0 Å². The fraction of sp³-hybridized carbons (Fsp3) is 0.286. The van der Waals surface area contributed by atoms with E-state index in [0.29, 0.717) is 16.4 Å². The van der Waals surface area contributed by atoms with Gasteiger partial charge in [-0.05, 0) is 6.07 Å². The first-order chi connectivity index (χ1) is 10.2. The molecule has 1 aromatic carbocycles. The van der Waals surface area contributed by atoms with E-state index in [4.69, 9.17) is 11.6 Å². The second-order valence-electron chi connectivity index (χ2n) is 4.56. The van der Waals surface area contributed by atoms with Crippen LogP contribution in [0.25, 0.3) is 11.1 Å². The van der Waals surface area contributed by atoms with Gasteiger partial charge in [0.25, 0.3) is 5.56 Å². The van der Waals surface area contributed by atoms with E-state index in [1.165, 1.54) is 0 Å². The molecule has 0 bridgehead atoms. The Hall–Kier alpha value is -1.11. The van der Waals surface area contributed by atoms with Gasteiger partial charge in [0.1, 0.15) is 11.4 Å². The molecule has 4 nitrogen and oxygen atoms in total. The van der Waals surface area contributed by atoms with Crippen LogP contribution in [-0.2, 0) is 0 Å². The van der Waals surface area contributed by atoms with Crippen molar-refractivity contribution in [1.29, 1.82) is 0 Å². The van der Waals surface area contributed by atoms with Crippen molar-refractivity contribution in [2.24, 2.45) is 0 Å². The number of aromatic nitrogens is 2. The number of H-pyrrole nitrogens is 1. The molecular formula is C14H13ClN2O2S2. The molecule has 0 spiro atoms. The van der Waals surface area contributed by atoms with Crippen LogP contribution < -0.4 is 5.56 Å². The number of nitrogens with zero attached hydrogens (tertiary/aromatic N) is 1. The van der Waals surface area contributed by atoms with Gasteiger partial charge in [-0.15, -0.1) is 11.8 Å². The average Bonchev–Trinajstić information content (AvgIpc) is 2.49. The lowest BCUT2D eigenvalue weighted by Gasteiger charge is -2.20. The lowest BCUT2D eigenvalue weighted by Crippen LogP contribution is -2.18. The van der Waals surface area contributed by atoms with E-state index in [1.54, 1.807) is 36.0 Å². The zero-order chi connectivity index (χ0) is 14.8. The Balaban J connectivity index is 2.05. The van der Waals surface area contributed by atoms with Crippen molar-refractivity contribution in [3.05, 3.63) is 45.5 Å². The Bertz CT molecular complexity index is 714. The molecule has 1 aliphatic heterocycles. The van der Waals surface area contributed by atoms with Gasteiger partial charge in [-0.3, -0.25) is 4.79 Å². The molecule has 3 rings (SSSR count). The Labute approximate surface area is 135 Å². The number of hydrogen-bond donors (Lipinski definition) is 2. The molecule has 2 N–H and O–H groups in total. The lowest BCUT2D eigenvalue weighted by atomic mass is 10.1. The van der Waals surface area contributed by atoms with Crippen LogP contribution in [-0.4, -0.2) is 32.3 Å². The first kappa shape index (κ1) is 14.8. The highest BCUT2D eigenvalue weighted by atomic mass is 35.5. The minimum atomic E-state index is -0.359. The zero-order valence-electron chi connectivity index (χ0n) is 11.0. The van der Waals surface area contributed by atoms with Crippen molar-refractivity contribution in [2.75, 3.05) is 17.3 Å². The number of aromatic hydroxyl groups is 1. The Morgan fingerprint density at radius 1 is 1.33 bits per heavy atom. The van der Waals surface area contributed by atoms with E-state index in [1.807, 2.05) is 11.8 Å². The molecule has 2 aromatic rings. The summed E-state index contributed by atoms with van der Waals surface area (Å²) >= 11 is 9.67. The van der Waals surface area contributed by atoms with Crippen LogP contribution in [0.4, 0.5) is 0 Å². The largest absolute Gasteiger partial charge is 0.493 e. The third kappa shape index (κ3) is 3.07. The van der Waals surface area contributed by atoms with Crippen LogP contribution in [0.5, 0.6) is 5.88 Å². The van der Waals surface area contributed by atoms with Crippen LogP contribution in [0.3, 0.4) is 0 Å². The van der Waals surface area contributed by atoms with Gasteiger partial charge in [0.05, 0.1) is 5.25 Å². The normalized spacial score (nSPS) is 18.6. The highest BCUT2D eigenvalue weighted by Crippen LogP contribution is 2.36.